The summed E-state index contributed by atoms with van der Waals surface area (Å²) in [5.41, 5.74) is 11.1. The van der Waals surface area contributed by atoms with Crippen LogP contribution in [0.4, 0.5) is 4.79 Å². The number of hydrogen-bond acceptors (Lipinski definition) is 4. The maximum Gasteiger partial charge on any atom is 0.314 e. The lowest BCUT2D eigenvalue weighted by Crippen LogP contribution is -2.58. The molecule has 23 heavy (non-hydrogen) atoms. The molecule has 3 rings (SSSR count). The van der Waals surface area contributed by atoms with Crippen LogP contribution < -0.4 is 11.5 Å². The summed E-state index contributed by atoms with van der Waals surface area (Å²) in [6, 6.07) is -0.853. The molecule has 0 saturated carbocycles. The van der Waals surface area contributed by atoms with Crippen molar-refractivity contribution in [3.8, 4) is 0 Å². The predicted octanol–water partition coefficient (Wildman–Crippen LogP) is -1.20. The van der Waals surface area contributed by atoms with E-state index < -0.39 is 6.04 Å². The molecule has 0 aromatic heterocycles. The van der Waals surface area contributed by atoms with Gasteiger partial charge in [-0.1, -0.05) is 0 Å². The SMILES string of the molecule is NC(=O)N1C[C@H]2C[C@@H](C1)CN(C(=O)CN1CCC[C@H](N)C1=O)C2. The van der Waals surface area contributed by atoms with Gasteiger partial charge in [0.2, 0.25) is 11.8 Å². The normalized spacial score (nSPS) is 31.3. The number of nitrogens with zero attached hydrogens (tertiary/aromatic N) is 3. The molecule has 3 saturated heterocycles. The molecule has 3 atom stereocenters. The molecule has 8 nitrogen and oxygen atoms in total. The van der Waals surface area contributed by atoms with Crippen LogP contribution in [0.5, 0.6) is 0 Å². The molecule has 2 bridgehead atoms. The molecule has 0 aromatic carbocycles. The minimum atomic E-state index is -0.471. The van der Waals surface area contributed by atoms with E-state index in [0.29, 0.717) is 39.1 Å². The Morgan fingerprint density at radius 1 is 1.09 bits per heavy atom. The third-order valence-electron chi connectivity index (χ3n) is 5.14. The van der Waals surface area contributed by atoms with Gasteiger partial charge in [0, 0.05) is 32.7 Å². The summed E-state index contributed by atoms with van der Waals surface area (Å²) in [5.74, 6) is 0.410. The monoisotopic (exact) mass is 323 g/mol. The molecule has 3 aliphatic heterocycles. The zero-order valence-electron chi connectivity index (χ0n) is 13.3. The van der Waals surface area contributed by atoms with Crippen molar-refractivity contribution in [2.75, 3.05) is 39.3 Å². The molecule has 0 radical (unpaired) electrons. The lowest BCUT2D eigenvalue weighted by molar-refractivity contribution is -0.145. The molecule has 3 aliphatic rings. The number of carbonyl (C=O) groups excluding carboxylic acids is 3. The van der Waals surface area contributed by atoms with E-state index >= 15 is 0 Å². The van der Waals surface area contributed by atoms with E-state index in [1.54, 1.807) is 9.80 Å². The van der Waals surface area contributed by atoms with Gasteiger partial charge in [-0.3, -0.25) is 9.59 Å². The Labute approximate surface area is 135 Å². The number of fused-ring (bicyclic) bond motifs is 2. The average molecular weight is 323 g/mol. The number of rotatable bonds is 2. The van der Waals surface area contributed by atoms with Crippen LogP contribution in [0.2, 0.25) is 0 Å². The fourth-order valence-corrected chi connectivity index (χ4v) is 4.05. The van der Waals surface area contributed by atoms with Crippen LogP contribution >= 0.6 is 0 Å². The zero-order valence-corrected chi connectivity index (χ0v) is 13.3. The second kappa shape index (κ2) is 6.35. The van der Waals surface area contributed by atoms with Gasteiger partial charge in [-0.25, -0.2) is 4.79 Å². The number of nitrogens with two attached hydrogens (primary N) is 2. The molecule has 128 valence electrons. The number of carbonyl (C=O) groups is 3. The van der Waals surface area contributed by atoms with Gasteiger partial charge in [-0.2, -0.15) is 0 Å². The van der Waals surface area contributed by atoms with Gasteiger partial charge in [0.25, 0.3) is 0 Å². The minimum Gasteiger partial charge on any atom is -0.351 e. The maximum atomic E-state index is 12.6. The molecule has 0 aliphatic carbocycles. The Hall–Kier alpha value is -1.83. The molecule has 0 spiro atoms. The van der Waals surface area contributed by atoms with E-state index in [1.807, 2.05) is 4.90 Å². The van der Waals surface area contributed by atoms with Gasteiger partial charge in [0.1, 0.15) is 0 Å². The number of primary amides is 1. The van der Waals surface area contributed by atoms with Gasteiger partial charge in [-0.15, -0.1) is 0 Å². The van der Waals surface area contributed by atoms with E-state index in [0.717, 1.165) is 12.8 Å². The van der Waals surface area contributed by atoms with Crippen molar-refractivity contribution in [3.63, 3.8) is 0 Å². The summed E-state index contributed by atoms with van der Waals surface area (Å²) < 4.78 is 0. The van der Waals surface area contributed by atoms with Gasteiger partial charge in [0.05, 0.1) is 12.6 Å². The van der Waals surface area contributed by atoms with Crippen molar-refractivity contribution in [2.45, 2.75) is 25.3 Å². The zero-order chi connectivity index (χ0) is 16.6. The van der Waals surface area contributed by atoms with Crippen molar-refractivity contribution in [2.24, 2.45) is 23.3 Å². The van der Waals surface area contributed by atoms with Crippen LogP contribution in [0.25, 0.3) is 0 Å². The van der Waals surface area contributed by atoms with Crippen molar-refractivity contribution < 1.29 is 14.4 Å². The highest BCUT2D eigenvalue weighted by Crippen LogP contribution is 2.28. The first-order valence-electron chi connectivity index (χ1n) is 8.30. The molecule has 3 heterocycles. The van der Waals surface area contributed by atoms with E-state index in [1.165, 1.54) is 0 Å². The molecule has 4 amide bonds. The van der Waals surface area contributed by atoms with Crippen LogP contribution in [0.3, 0.4) is 0 Å². The summed E-state index contributed by atoms with van der Waals surface area (Å²) in [5, 5.41) is 0. The first-order chi connectivity index (χ1) is 10.9. The number of piperidine rings is 3. The Morgan fingerprint density at radius 3 is 2.30 bits per heavy atom. The van der Waals surface area contributed by atoms with E-state index in [4.69, 9.17) is 11.5 Å². The van der Waals surface area contributed by atoms with Gasteiger partial charge < -0.3 is 26.2 Å². The number of amides is 4. The fraction of sp³-hybridized carbons (Fsp3) is 0.800. The van der Waals surface area contributed by atoms with Crippen molar-refractivity contribution in [3.05, 3.63) is 0 Å². The average Bonchev–Trinajstić information content (AvgIpc) is 2.50. The highest BCUT2D eigenvalue weighted by molar-refractivity contribution is 5.88. The summed E-state index contributed by atoms with van der Waals surface area (Å²) in [6.07, 6.45) is 2.57. The minimum absolute atomic E-state index is 0.0188. The lowest BCUT2D eigenvalue weighted by Gasteiger charge is -2.45. The Kier molecular flexibility index (Phi) is 4.43. The molecule has 0 unspecified atom stereocenters. The first kappa shape index (κ1) is 16.0. The Bertz CT molecular complexity index is 497. The largest absolute Gasteiger partial charge is 0.351 e. The summed E-state index contributed by atoms with van der Waals surface area (Å²) in [4.78, 5) is 41.0. The standard InChI is InChI=1S/C15H25N5O3/c16-12-2-1-3-18(14(12)22)9-13(21)19-5-10-4-11(6-19)8-20(7-10)15(17)23/h10-12H,1-9,16H2,(H2,17,23)/t10-,11+,12-/m0/s1. The van der Waals surface area contributed by atoms with Crippen LogP contribution in [-0.2, 0) is 9.59 Å². The van der Waals surface area contributed by atoms with Crippen molar-refractivity contribution in [1.82, 2.24) is 14.7 Å². The molecule has 8 heteroatoms. The summed E-state index contributed by atoms with van der Waals surface area (Å²) in [7, 11) is 0. The number of urea groups is 1. The van der Waals surface area contributed by atoms with E-state index in [9.17, 15) is 14.4 Å². The third kappa shape index (κ3) is 3.41. The van der Waals surface area contributed by atoms with E-state index in [-0.39, 0.29) is 36.2 Å². The van der Waals surface area contributed by atoms with Crippen molar-refractivity contribution in [1.29, 1.82) is 0 Å². The van der Waals surface area contributed by atoms with Gasteiger partial charge in [0.15, 0.2) is 0 Å². The number of likely N-dealkylation sites (tertiary alicyclic amines) is 3. The predicted molar refractivity (Wildman–Crippen MR) is 83.1 cm³/mol. The highest BCUT2D eigenvalue weighted by atomic mass is 16.2. The molecular formula is C15H25N5O3. The Balaban J connectivity index is 1.57. The Morgan fingerprint density at radius 2 is 1.70 bits per heavy atom. The van der Waals surface area contributed by atoms with Gasteiger partial charge in [-0.05, 0) is 31.1 Å². The van der Waals surface area contributed by atoms with Crippen molar-refractivity contribution >= 4 is 17.8 Å². The van der Waals surface area contributed by atoms with Crippen LogP contribution in [0, 0.1) is 11.8 Å². The quantitative estimate of drug-likeness (QED) is 0.664. The number of hydrogen-bond donors (Lipinski definition) is 2. The van der Waals surface area contributed by atoms with Crippen LogP contribution in [0.15, 0.2) is 0 Å². The summed E-state index contributed by atoms with van der Waals surface area (Å²) in [6.45, 7) is 3.21. The smallest absolute Gasteiger partial charge is 0.314 e. The second-order valence-corrected chi connectivity index (χ2v) is 7.02. The topological polar surface area (TPSA) is 113 Å². The maximum absolute atomic E-state index is 12.6. The van der Waals surface area contributed by atoms with Crippen LogP contribution in [0.1, 0.15) is 19.3 Å². The molecule has 0 aromatic rings. The van der Waals surface area contributed by atoms with E-state index in [2.05, 4.69) is 0 Å². The fourth-order valence-electron chi connectivity index (χ4n) is 4.05. The second-order valence-electron chi connectivity index (χ2n) is 7.02. The van der Waals surface area contributed by atoms with Crippen LogP contribution in [-0.4, -0.2) is 77.9 Å². The lowest BCUT2D eigenvalue weighted by atomic mass is 9.84. The first-order valence-corrected chi connectivity index (χ1v) is 8.30. The molecule has 4 N–H and O–H groups in total. The molecule has 3 fully saturated rings. The highest BCUT2D eigenvalue weighted by Gasteiger charge is 2.37. The third-order valence-corrected chi connectivity index (χ3v) is 5.14. The van der Waals surface area contributed by atoms with Gasteiger partial charge >= 0.3 is 6.03 Å². The molecular weight excluding hydrogens is 298 g/mol. The summed E-state index contributed by atoms with van der Waals surface area (Å²) >= 11 is 0.